The van der Waals surface area contributed by atoms with Crippen LogP contribution in [0, 0.1) is 0 Å². The summed E-state index contributed by atoms with van der Waals surface area (Å²) in [5.74, 6) is 0. The largest absolute Gasteiger partial charge is 0.389 e. The molecule has 1 aliphatic rings. The van der Waals surface area contributed by atoms with Gasteiger partial charge in [-0.15, -0.1) is 0 Å². The Balaban J connectivity index is 1.72. The van der Waals surface area contributed by atoms with E-state index in [-0.39, 0.29) is 12.7 Å². The third kappa shape index (κ3) is 10.5. The molecule has 1 rings (SSSR count). The van der Waals surface area contributed by atoms with Gasteiger partial charge in [0.25, 0.3) is 0 Å². The molecule has 0 spiro atoms. The number of hydrogen-bond donors (Lipinski definition) is 0. The van der Waals surface area contributed by atoms with Gasteiger partial charge in [0.15, 0.2) is 6.29 Å². The summed E-state index contributed by atoms with van der Waals surface area (Å²) in [6.07, 6.45) is 4.90. The van der Waals surface area contributed by atoms with Crippen LogP contribution in [0.2, 0.25) is 0 Å². The highest BCUT2D eigenvalue weighted by molar-refractivity contribution is 4.55. The van der Waals surface area contributed by atoms with Crippen molar-refractivity contribution in [2.75, 3.05) is 13.2 Å². The van der Waals surface area contributed by atoms with Gasteiger partial charge in [0.1, 0.15) is 0 Å². The number of ether oxygens (including phenoxy) is 2. The van der Waals surface area contributed by atoms with Crippen molar-refractivity contribution in [2.24, 2.45) is 0 Å². The Labute approximate surface area is 120 Å². The van der Waals surface area contributed by atoms with Crippen molar-refractivity contribution < 1.29 is 22.6 Å². The van der Waals surface area contributed by atoms with Gasteiger partial charge in [-0.1, -0.05) is 38.5 Å². The average Bonchev–Trinajstić information content (AvgIpc) is 2.87. The van der Waals surface area contributed by atoms with Crippen molar-refractivity contribution in [1.82, 2.24) is 0 Å². The van der Waals surface area contributed by atoms with Gasteiger partial charge in [0.2, 0.25) is 0 Å². The lowest BCUT2D eigenvalue weighted by Gasteiger charge is -2.10. The molecular weight excluding hydrogens is 269 g/mol. The zero-order valence-electron chi connectivity index (χ0n) is 12.2. The molecule has 0 aliphatic carbocycles. The van der Waals surface area contributed by atoms with Crippen molar-refractivity contribution in [3.05, 3.63) is 0 Å². The van der Waals surface area contributed by atoms with Crippen molar-refractivity contribution in [3.8, 4) is 0 Å². The smallest absolute Gasteiger partial charge is 0.353 e. The Morgan fingerprint density at radius 1 is 0.900 bits per heavy atom. The van der Waals surface area contributed by atoms with Crippen LogP contribution < -0.4 is 0 Å². The van der Waals surface area contributed by atoms with Crippen molar-refractivity contribution >= 4 is 0 Å². The van der Waals surface area contributed by atoms with Gasteiger partial charge < -0.3 is 9.47 Å². The fraction of sp³-hybridized carbons (Fsp3) is 1.00. The minimum absolute atomic E-state index is 0.0173. The molecule has 1 saturated heterocycles. The molecule has 120 valence electrons. The lowest BCUT2D eigenvalue weighted by Crippen LogP contribution is -2.11. The van der Waals surface area contributed by atoms with Crippen molar-refractivity contribution in [3.63, 3.8) is 0 Å². The number of unbranched alkanes of at least 4 members (excludes halogenated alkanes) is 7. The molecule has 5 heteroatoms. The van der Waals surface area contributed by atoms with Crippen molar-refractivity contribution in [2.45, 2.75) is 83.1 Å². The van der Waals surface area contributed by atoms with Gasteiger partial charge in [0.05, 0.1) is 0 Å². The first-order valence-electron chi connectivity index (χ1n) is 7.88. The Morgan fingerprint density at radius 2 is 1.50 bits per heavy atom. The molecule has 0 amide bonds. The Kier molecular flexibility index (Phi) is 9.27. The van der Waals surface area contributed by atoms with E-state index >= 15 is 0 Å². The fourth-order valence-electron chi connectivity index (χ4n) is 2.38. The number of hydrogen-bond acceptors (Lipinski definition) is 2. The van der Waals surface area contributed by atoms with E-state index in [1.807, 2.05) is 0 Å². The maximum absolute atomic E-state index is 11.9. The van der Waals surface area contributed by atoms with E-state index in [9.17, 15) is 13.2 Å². The summed E-state index contributed by atoms with van der Waals surface area (Å²) >= 11 is 0. The predicted octanol–water partition coefficient (Wildman–Crippen LogP) is 5.21. The van der Waals surface area contributed by atoms with E-state index in [0.29, 0.717) is 6.42 Å². The van der Waals surface area contributed by atoms with Crippen LogP contribution in [0.25, 0.3) is 0 Å². The topological polar surface area (TPSA) is 18.5 Å². The monoisotopic (exact) mass is 296 g/mol. The summed E-state index contributed by atoms with van der Waals surface area (Å²) in [6, 6.07) is 0. The highest BCUT2D eigenvalue weighted by atomic mass is 19.4. The predicted molar refractivity (Wildman–Crippen MR) is 72.5 cm³/mol. The Bertz CT molecular complexity index is 226. The van der Waals surface area contributed by atoms with Gasteiger partial charge in [0, 0.05) is 26.1 Å². The molecule has 0 bridgehead atoms. The van der Waals surface area contributed by atoms with Crippen LogP contribution in [0.15, 0.2) is 0 Å². The van der Waals surface area contributed by atoms with Gasteiger partial charge in [-0.2, -0.15) is 13.2 Å². The Hall–Kier alpha value is -0.290. The molecule has 0 N–H and O–H groups in total. The van der Waals surface area contributed by atoms with Crippen LogP contribution >= 0.6 is 0 Å². The number of alkyl halides is 3. The van der Waals surface area contributed by atoms with E-state index in [0.717, 1.165) is 64.6 Å². The van der Waals surface area contributed by atoms with Crippen LogP contribution in [0.4, 0.5) is 13.2 Å². The molecular formula is C15H27F3O2. The molecule has 0 aromatic heterocycles. The zero-order valence-corrected chi connectivity index (χ0v) is 12.2. The minimum Gasteiger partial charge on any atom is -0.353 e. The van der Waals surface area contributed by atoms with Crippen LogP contribution in [0.3, 0.4) is 0 Å². The molecule has 20 heavy (non-hydrogen) atoms. The number of halogens is 3. The van der Waals surface area contributed by atoms with Gasteiger partial charge >= 0.3 is 6.18 Å². The number of rotatable bonds is 11. The molecule has 0 aromatic rings. The molecule has 1 heterocycles. The molecule has 0 radical (unpaired) electrons. The first-order valence-corrected chi connectivity index (χ1v) is 7.88. The first kappa shape index (κ1) is 17.8. The highest BCUT2D eigenvalue weighted by Crippen LogP contribution is 2.23. The summed E-state index contributed by atoms with van der Waals surface area (Å²) in [5.41, 5.74) is 0. The molecule has 2 nitrogen and oxygen atoms in total. The molecule has 1 aliphatic heterocycles. The highest BCUT2D eigenvalue weighted by Gasteiger charge is 2.25. The average molecular weight is 296 g/mol. The fourth-order valence-corrected chi connectivity index (χ4v) is 2.38. The molecule has 1 fully saturated rings. The normalized spacial score (nSPS) is 19.6. The van der Waals surface area contributed by atoms with E-state index in [2.05, 4.69) is 0 Å². The van der Waals surface area contributed by atoms with Gasteiger partial charge in [-0.05, 0) is 19.3 Å². The minimum atomic E-state index is -3.98. The quantitative estimate of drug-likeness (QED) is 0.487. The summed E-state index contributed by atoms with van der Waals surface area (Å²) < 4.78 is 46.6. The summed E-state index contributed by atoms with van der Waals surface area (Å²) in [4.78, 5) is 0. The first-order chi connectivity index (χ1) is 9.58. The van der Waals surface area contributed by atoms with Gasteiger partial charge in [-0.3, -0.25) is 0 Å². The van der Waals surface area contributed by atoms with E-state index < -0.39 is 12.6 Å². The Morgan fingerprint density at radius 3 is 2.05 bits per heavy atom. The van der Waals surface area contributed by atoms with E-state index in [1.54, 1.807) is 0 Å². The second kappa shape index (κ2) is 10.4. The molecule has 1 atom stereocenters. The van der Waals surface area contributed by atoms with Crippen LogP contribution in [0.5, 0.6) is 0 Å². The summed E-state index contributed by atoms with van der Waals surface area (Å²) in [7, 11) is 0. The third-order valence-corrected chi connectivity index (χ3v) is 3.55. The molecule has 1 unspecified atom stereocenters. The SMILES string of the molecule is FC(F)(F)CCCCCCCCCCOC1CCCO1. The van der Waals surface area contributed by atoms with Crippen molar-refractivity contribution in [1.29, 1.82) is 0 Å². The zero-order chi connectivity index (χ0) is 14.7. The second-order valence-electron chi connectivity index (χ2n) is 5.51. The molecule has 0 aromatic carbocycles. The molecule has 0 saturated carbocycles. The third-order valence-electron chi connectivity index (χ3n) is 3.55. The second-order valence-corrected chi connectivity index (χ2v) is 5.51. The van der Waals surface area contributed by atoms with Crippen LogP contribution in [-0.2, 0) is 9.47 Å². The lowest BCUT2D eigenvalue weighted by atomic mass is 10.1. The standard InChI is InChI=1S/C15H27F3O2/c16-15(17,18)11-7-5-3-1-2-4-6-8-12-19-14-10-9-13-20-14/h14H,1-13H2. The van der Waals surface area contributed by atoms with E-state index in [1.165, 1.54) is 0 Å². The van der Waals surface area contributed by atoms with E-state index in [4.69, 9.17) is 9.47 Å². The van der Waals surface area contributed by atoms with Gasteiger partial charge in [-0.25, -0.2) is 0 Å². The maximum atomic E-state index is 11.9. The maximum Gasteiger partial charge on any atom is 0.389 e. The summed E-state index contributed by atoms with van der Waals surface area (Å²) in [5, 5.41) is 0. The summed E-state index contributed by atoms with van der Waals surface area (Å²) in [6.45, 7) is 1.58. The van der Waals surface area contributed by atoms with Crippen LogP contribution in [-0.4, -0.2) is 25.7 Å². The van der Waals surface area contributed by atoms with Crippen LogP contribution in [0.1, 0.15) is 70.6 Å². The lowest BCUT2D eigenvalue weighted by molar-refractivity contribution is -0.135.